The van der Waals surface area contributed by atoms with E-state index in [1.807, 2.05) is 6.92 Å². The summed E-state index contributed by atoms with van der Waals surface area (Å²) < 4.78 is 1.51. The molecule has 1 aromatic heterocycles. The van der Waals surface area contributed by atoms with Crippen LogP contribution >= 0.6 is 11.8 Å². The van der Waals surface area contributed by atoms with E-state index < -0.39 is 4.92 Å². The van der Waals surface area contributed by atoms with Gasteiger partial charge in [-0.1, -0.05) is 53.7 Å². The maximum absolute atomic E-state index is 11.0. The van der Waals surface area contributed by atoms with E-state index in [4.69, 9.17) is 0 Å². The number of nitro groups is 1. The Balaban J connectivity index is 1.73. The third kappa shape index (κ3) is 4.30. The van der Waals surface area contributed by atoms with Gasteiger partial charge in [-0.15, -0.1) is 10.2 Å². The molecule has 0 bridgehead atoms. The number of para-hydroxylation sites is 1. The Morgan fingerprint density at radius 1 is 1.24 bits per heavy atom. The lowest BCUT2D eigenvalue weighted by Gasteiger charge is -2.02. The third-order valence-corrected chi connectivity index (χ3v) is 4.45. The van der Waals surface area contributed by atoms with Crippen LogP contribution < -0.4 is 0 Å². The maximum atomic E-state index is 11.0. The van der Waals surface area contributed by atoms with Crippen molar-refractivity contribution in [3.63, 3.8) is 0 Å². The molecule has 0 aliphatic carbocycles. The molecule has 0 saturated heterocycles. The largest absolute Gasteiger partial charge is 0.278 e. The van der Waals surface area contributed by atoms with Crippen molar-refractivity contribution in [1.82, 2.24) is 14.9 Å². The van der Waals surface area contributed by atoms with Gasteiger partial charge in [0.1, 0.15) is 6.33 Å². The summed E-state index contributed by atoms with van der Waals surface area (Å²) in [4.78, 5) is 10.6. The average molecular weight is 353 g/mol. The minimum Gasteiger partial charge on any atom is -0.258 e. The quantitative estimate of drug-likeness (QED) is 0.292. The van der Waals surface area contributed by atoms with Gasteiger partial charge in [-0.25, -0.2) is 0 Å². The zero-order valence-electron chi connectivity index (χ0n) is 13.4. The van der Waals surface area contributed by atoms with Crippen LogP contribution in [0.15, 0.2) is 65.1 Å². The predicted molar refractivity (Wildman–Crippen MR) is 96.9 cm³/mol. The fourth-order valence-electron chi connectivity index (χ4n) is 2.11. The molecule has 0 saturated carbocycles. The van der Waals surface area contributed by atoms with Crippen LogP contribution in [-0.2, 0) is 5.75 Å². The van der Waals surface area contributed by atoms with Gasteiger partial charge in [-0.3, -0.25) is 10.1 Å². The maximum Gasteiger partial charge on any atom is 0.278 e. The molecule has 25 heavy (non-hydrogen) atoms. The normalized spacial score (nSPS) is 11.1. The van der Waals surface area contributed by atoms with Crippen LogP contribution in [0.5, 0.6) is 0 Å². The van der Waals surface area contributed by atoms with Crippen molar-refractivity contribution in [3.05, 3.63) is 81.7 Å². The Labute approximate surface area is 148 Å². The first-order chi connectivity index (χ1) is 12.1. The minimum atomic E-state index is -0.430. The Morgan fingerprint density at radius 3 is 2.76 bits per heavy atom. The van der Waals surface area contributed by atoms with Crippen LogP contribution in [-0.4, -0.2) is 26.0 Å². The molecular formula is C17H15N5O2S. The first-order valence-electron chi connectivity index (χ1n) is 7.49. The smallest absolute Gasteiger partial charge is 0.258 e. The number of thioether (sulfide) groups is 1. The van der Waals surface area contributed by atoms with Crippen molar-refractivity contribution in [2.75, 3.05) is 0 Å². The number of rotatable bonds is 6. The molecule has 3 aromatic rings. The highest BCUT2D eigenvalue weighted by Crippen LogP contribution is 2.21. The van der Waals surface area contributed by atoms with Crippen molar-refractivity contribution in [2.45, 2.75) is 17.8 Å². The summed E-state index contributed by atoms with van der Waals surface area (Å²) in [5.74, 6) is 0.736. The SMILES string of the molecule is Cc1ccc(CSc2nncn2/N=C/c2ccccc2[N+](=O)[O-])cc1. The summed E-state index contributed by atoms with van der Waals surface area (Å²) in [7, 11) is 0. The van der Waals surface area contributed by atoms with Gasteiger partial charge in [0, 0.05) is 11.8 Å². The number of nitro benzene ring substituents is 1. The summed E-state index contributed by atoms with van der Waals surface area (Å²) in [6.45, 7) is 2.05. The lowest BCUT2D eigenvalue weighted by Crippen LogP contribution is -1.96. The highest BCUT2D eigenvalue weighted by atomic mass is 32.2. The van der Waals surface area contributed by atoms with Gasteiger partial charge < -0.3 is 0 Å². The fraction of sp³-hybridized carbons (Fsp3) is 0.118. The summed E-state index contributed by atoms with van der Waals surface area (Å²) in [5.41, 5.74) is 2.82. The van der Waals surface area contributed by atoms with E-state index in [0.29, 0.717) is 10.7 Å². The third-order valence-electron chi connectivity index (χ3n) is 3.44. The minimum absolute atomic E-state index is 0.00758. The van der Waals surface area contributed by atoms with Gasteiger partial charge >= 0.3 is 0 Å². The van der Waals surface area contributed by atoms with Gasteiger partial charge in [0.05, 0.1) is 16.7 Å². The fourth-order valence-corrected chi connectivity index (χ4v) is 2.93. The Hall–Kier alpha value is -3.00. The molecule has 0 fully saturated rings. The lowest BCUT2D eigenvalue weighted by atomic mass is 10.2. The molecule has 126 valence electrons. The van der Waals surface area contributed by atoms with Crippen molar-refractivity contribution in [1.29, 1.82) is 0 Å². The molecule has 2 aromatic carbocycles. The Morgan fingerprint density at radius 2 is 2.00 bits per heavy atom. The molecule has 3 rings (SSSR count). The highest BCUT2D eigenvalue weighted by molar-refractivity contribution is 7.98. The molecular weight excluding hydrogens is 338 g/mol. The molecule has 1 heterocycles. The van der Waals surface area contributed by atoms with E-state index in [1.54, 1.807) is 18.2 Å². The number of aromatic nitrogens is 3. The summed E-state index contributed by atoms with van der Waals surface area (Å²) in [6, 6.07) is 14.7. The van der Waals surface area contributed by atoms with E-state index in [9.17, 15) is 10.1 Å². The standard InChI is InChI=1S/C17H15N5O2S/c1-13-6-8-14(9-7-13)11-25-17-20-18-12-21(17)19-10-15-4-2-3-5-16(15)22(23)24/h2-10,12H,11H2,1H3/b19-10+. The molecule has 0 aliphatic heterocycles. The zero-order valence-corrected chi connectivity index (χ0v) is 14.3. The van der Waals surface area contributed by atoms with Gasteiger partial charge in [0.15, 0.2) is 0 Å². The van der Waals surface area contributed by atoms with E-state index in [0.717, 1.165) is 5.75 Å². The average Bonchev–Trinajstić information content (AvgIpc) is 3.07. The van der Waals surface area contributed by atoms with Crippen LogP contribution in [0.2, 0.25) is 0 Å². The van der Waals surface area contributed by atoms with E-state index in [2.05, 4.69) is 39.6 Å². The second kappa shape index (κ2) is 7.71. The van der Waals surface area contributed by atoms with Crippen LogP contribution in [0.25, 0.3) is 0 Å². The molecule has 7 nitrogen and oxygen atoms in total. The van der Waals surface area contributed by atoms with E-state index in [1.165, 1.54) is 46.2 Å². The molecule has 0 radical (unpaired) electrons. The van der Waals surface area contributed by atoms with Crippen molar-refractivity contribution >= 4 is 23.7 Å². The van der Waals surface area contributed by atoms with Gasteiger partial charge in [0.2, 0.25) is 5.16 Å². The van der Waals surface area contributed by atoms with E-state index >= 15 is 0 Å². The van der Waals surface area contributed by atoms with Crippen molar-refractivity contribution < 1.29 is 4.92 Å². The molecule has 0 atom stereocenters. The number of aryl methyl sites for hydroxylation is 1. The molecule has 0 N–H and O–H groups in total. The second-order valence-electron chi connectivity index (χ2n) is 5.29. The predicted octanol–water partition coefficient (Wildman–Crippen LogP) is 3.67. The van der Waals surface area contributed by atoms with Crippen LogP contribution in [0, 0.1) is 17.0 Å². The zero-order chi connectivity index (χ0) is 17.6. The number of benzene rings is 2. The van der Waals surface area contributed by atoms with Crippen molar-refractivity contribution in [3.8, 4) is 0 Å². The first-order valence-corrected chi connectivity index (χ1v) is 8.48. The van der Waals surface area contributed by atoms with Gasteiger partial charge in [-0.2, -0.15) is 9.78 Å². The summed E-state index contributed by atoms with van der Waals surface area (Å²) >= 11 is 1.50. The highest BCUT2D eigenvalue weighted by Gasteiger charge is 2.10. The Kier molecular flexibility index (Phi) is 5.20. The van der Waals surface area contributed by atoms with Gasteiger partial charge in [-0.05, 0) is 18.6 Å². The Bertz CT molecular complexity index is 905. The molecule has 8 heteroatoms. The number of nitrogens with zero attached hydrogens (tertiary/aromatic N) is 5. The number of hydrogen-bond acceptors (Lipinski definition) is 6. The molecule has 0 aliphatic rings. The summed E-state index contributed by atoms with van der Waals surface area (Å²) in [5, 5.41) is 23.8. The molecule has 0 amide bonds. The molecule has 0 spiro atoms. The monoisotopic (exact) mass is 353 g/mol. The second-order valence-corrected chi connectivity index (χ2v) is 6.24. The van der Waals surface area contributed by atoms with Crippen LogP contribution in [0.3, 0.4) is 0 Å². The van der Waals surface area contributed by atoms with E-state index in [-0.39, 0.29) is 5.69 Å². The van der Waals surface area contributed by atoms with Crippen LogP contribution in [0.1, 0.15) is 16.7 Å². The summed E-state index contributed by atoms with van der Waals surface area (Å²) in [6.07, 6.45) is 2.92. The number of hydrogen-bond donors (Lipinski definition) is 0. The van der Waals surface area contributed by atoms with Crippen LogP contribution in [0.4, 0.5) is 5.69 Å². The lowest BCUT2D eigenvalue weighted by molar-refractivity contribution is -0.385. The van der Waals surface area contributed by atoms with Gasteiger partial charge in [0.25, 0.3) is 5.69 Å². The topological polar surface area (TPSA) is 86.2 Å². The molecule has 0 unspecified atom stereocenters. The first kappa shape index (κ1) is 16.8. The van der Waals surface area contributed by atoms with Crippen molar-refractivity contribution in [2.24, 2.45) is 5.10 Å².